The predicted octanol–water partition coefficient (Wildman–Crippen LogP) is 2.54. The van der Waals surface area contributed by atoms with Crippen LogP contribution in [-0.2, 0) is 4.79 Å². The SMILES string of the molecule is O=C(O)CCCSCCC(F)(F)F. The summed E-state index contributed by atoms with van der Waals surface area (Å²) in [5.74, 6) is -0.415. The fraction of sp³-hybridized carbons (Fsp3) is 0.857. The van der Waals surface area contributed by atoms with Crippen molar-refractivity contribution in [3.63, 3.8) is 0 Å². The van der Waals surface area contributed by atoms with Gasteiger partial charge in [0, 0.05) is 12.2 Å². The molecule has 0 aromatic carbocycles. The summed E-state index contributed by atoms with van der Waals surface area (Å²) in [5, 5.41) is 8.21. The molecule has 78 valence electrons. The Hall–Kier alpha value is -0.390. The van der Waals surface area contributed by atoms with E-state index >= 15 is 0 Å². The topological polar surface area (TPSA) is 37.3 Å². The Bertz CT molecular complexity index is 158. The third kappa shape index (κ3) is 11.6. The molecule has 0 aliphatic carbocycles. The minimum Gasteiger partial charge on any atom is -0.481 e. The fourth-order valence-corrected chi connectivity index (χ4v) is 1.54. The number of aliphatic carboxylic acids is 1. The summed E-state index contributed by atoms with van der Waals surface area (Å²) in [6, 6.07) is 0. The van der Waals surface area contributed by atoms with E-state index < -0.39 is 18.6 Å². The van der Waals surface area contributed by atoms with Gasteiger partial charge in [0.15, 0.2) is 0 Å². The summed E-state index contributed by atoms with van der Waals surface area (Å²) in [7, 11) is 0. The first-order valence-corrected chi connectivity index (χ1v) is 4.93. The predicted molar refractivity (Wildman–Crippen MR) is 44.9 cm³/mol. The molecule has 0 aromatic rings. The van der Waals surface area contributed by atoms with E-state index in [1.165, 1.54) is 0 Å². The van der Waals surface area contributed by atoms with E-state index in [0.717, 1.165) is 11.8 Å². The minimum atomic E-state index is -4.10. The van der Waals surface area contributed by atoms with Gasteiger partial charge in [0.05, 0.1) is 6.42 Å². The average Bonchev–Trinajstić information content (AvgIpc) is 1.93. The zero-order valence-corrected chi connectivity index (χ0v) is 7.75. The molecule has 0 aliphatic heterocycles. The van der Waals surface area contributed by atoms with Crippen LogP contribution in [-0.4, -0.2) is 28.8 Å². The zero-order chi connectivity index (χ0) is 10.3. The first kappa shape index (κ1) is 12.6. The van der Waals surface area contributed by atoms with Crippen molar-refractivity contribution in [1.82, 2.24) is 0 Å². The highest BCUT2D eigenvalue weighted by Gasteiger charge is 2.25. The van der Waals surface area contributed by atoms with Crippen LogP contribution in [0.3, 0.4) is 0 Å². The second-order valence-corrected chi connectivity index (χ2v) is 3.70. The lowest BCUT2D eigenvalue weighted by Gasteiger charge is -2.04. The van der Waals surface area contributed by atoms with Gasteiger partial charge in [-0.3, -0.25) is 4.79 Å². The first-order valence-electron chi connectivity index (χ1n) is 3.78. The van der Waals surface area contributed by atoms with Gasteiger partial charge in [-0.25, -0.2) is 0 Å². The molecular formula is C7H11F3O2S. The first-order chi connectivity index (χ1) is 5.92. The number of thioether (sulfide) groups is 1. The molecule has 0 atom stereocenters. The van der Waals surface area contributed by atoms with Crippen molar-refractivity contribution in [2.45, 2.75) is 25.4 Å². The van der Waals surface area contributed by atoms with Crippen molar-refractivity contribution in [3.05, 3.63) is 0 Å². The Morgan fingerprint density at radius 2 is 1.92 bits per heavy atom. The number of alkyl halides is 3. The Morgan fingerprint density at radius 1 is 1.31 bits per heavy atom. The van der Waals surface area contributed by atoms with E-state index in [4.69, 9.17) is 5.11 Å². The lowest BCUT2D eigenvalue weighted by molar-refractivity contribution is -0.137. The molecule has 0 aliphatic rings. The van der Waals surface area contributed by atoms with Gasteiger partial charge in [-0.2, -0.15) is 24.9 Å². The third-order valence-electron chi connectivity index (χ3n) is 1.21. The smallest absolute Gasteiger partial charge is 0.389 e. The van der Waals surface area contributed by atoms with Gasteiger partial charge in [-0.1, -0.05) is 0 Å². The zero-order valence-electron chi connectivity index (χ0n) is 6.93. The highest BCUT2D eigenvalue weighted by Crippen LogP contribution is 2.22. The number of hydrogen-bond donors (Lipinski definition) is 1. The van der Waals surface area contributed by atoms with Gasteiger partial charge in [-0.15, -0.1) is 0 Å². The lowest BCUT2D eigenvalue weighted by atomic mass is 10.3. The van der Waals surface area contributed by atoms with Crippen LogP contribution in [0.2, 0.25) is 0 Å². The Labute approximate surface area is 78.5 Å². The van der Waals surface area contributed by atoms with Crippen molar-refractivity contribution in [2.75, 3.05) is 11.5 Å². The number of halogens is 3. The van der Waals surface area contributed by atoms with E-state index in [0.29, 0.717) is 12.2 Å². The third-order valence-corrected chi connectivity index (χ3v) is 2.28. The van der Waals surface area contributed by atoms with E-state index in [2.05, 4.69) is 0 Å². The maximum Gasteiger partial charge on any atom is 0.389 e. The van der Waals surface area contributed by atoms with Crippen molar-refractivity contribution >= 4 is 17.7 Å². The van der Waals surface area contributed by atoms with Crippen molar-refractivity contribution in [3.8, 4) is 0 Å². The van der Waals surface area contributed by atoms with Gasteiger partial charge < -0.3 is 5.11 Å². The van der Waals surface area contributed by atoms with Gasteiger partial charge in [0.25, 0.3) is 0 Å². The Morgan fingerprint density at radius 3 is 2.38 bits per heavy atom. The molecule has 2 nitrogen and oxygen atoms in total. The number of carboxylic acid groups (broad SMARTS) is 1. The summed E-state index contributed by atoms with van der Waals surface area (Å²) in [6.07, 6.45) is -4.44. The summed E-state index contributed by atoms with van der Waals surface area (Å²) in [6.45, 7) is 0. The molecule has 0 amide bonds. The summed E-state index contributed by atoms with van der Waals surface area (Å²) in [5.41, 5.74) is 0. The van der Waals surface area contributed by atoms with Crippen molar-refractivity contribution in [2.24, 2.45) is 0 Å². The summed E-state index contributed by atoms with van der Waals surface area (Å²) < 4.78 is 34.8. The van der Waals surface area contributed by atoms with Crippen molar-refractivity contribution in [1.29, 1.82) is 0 Å². The van der Waals surface area contributed by atoms with Crippen LogP contribution in [0.5, 0.6) is 0 Å². The van der Waals surface area contributed by atoms with Crippen LogP contribution < -0.4 is 0 Å². The molecule has 1 N–H and O–H groups in total. The minimum absolute atomic E-state index is 0.0170. The monoisotopic (exact) mass is 216 g/mol. The van der Waals surface area contributed by atoms with E-state index in [-0.39, 0.29) is 12.2 Å². The average molecular weight is 216 g/mol. The molecule has 6 heteroatoms. The van der Waals surface area contributed by atoms with E-state index in [1.54, 1.807) is 0 Å². The normalized spacial score (nSPS) is 11.6. The van der Waals surface area contributed by atoms with Crippen LogP contribution in [0.15, 0.2) is 0 Å². The summed E-state index contributed by atoms with van der Waals surface area (Å²) >= 11 is 1.14. The van der Waals surface area contributed by atoms with Crippen molar-refractivity contribution < 1.29 is 23.1 Å². The van der Waals surface area contributed by atoms with Gasteiger partial charge in [0.2, 0.25) is 0 Å². The molecule has 0 aromatic heterocycles. The largest absolute Gasteiger partial charge is 0.481 e. The molecule has 0 unspecified atom stereocenters. The highest BCUT2D eigenvalue weighted by atomic mass is 32.2. The quantitative estimate of drug-likeness (QED) is 0.693. The molecule has 0 rings (SSSR count). The number of hydrogen-bond acceptors (Lipinski definition) is 2. The lowest BCUT2D eigenvalue weighted by Crippen LogP contribution is -2.08. The van der Waals surface area contributed by atoms with Crippen LogP contribution >= 0.6 is 11.8 Å². The van der Waals surface area contributed by atoms with Crippen LogP contribution in [0.4, 0.5) is 13.2 Å². The number of carbonyl (C=O) groups is 1. The fourth-order valence-electron chi connectivity index (χ4n) is 0.615. The van der Waals surface area contributed by atoms with Crippen LogP contribution in [0.1, 0.15) is 19.3 Å². The second kappa shape index (κ2) is 6.12. The van der Waals surface area contributed by atoms with Gasteiger partial charge >= 0.3 is 12.1 Å². The van der Waals surface area contributed by atoms with Crippen LogP contribution in [0, 0.1) is 0 Å². The maximum absolute atomic E-state index is 11.6. The van der Waals surface area contributed by atoms with Crippen LogP contribution in [0.25, 0.3) is 0 Å². The molecule has 0 heterocycles. The Kier molecular flexibility index (Phi) is 5.94. The van der Waals surface area contributed by atoms with E-state index in [1.807, 2.05) is 0 Å². The molecular weight excluding hydrogens is 205 g/mol. The standard InChI is InChI=1S/C7H11F3O2S/c8-7(9,10)3-5-13-4-1-2-6(11)12/h1-5H2,(H,11,12). The second-order valence-electron chi connectivity index (χ2n) is 2.47. The Balaban J connectivity index is 3.13. The maximum atomic E-state index is 11.6. The molecule has 0 bridgehead atoms. The molecule has 13 heavy (non-hydrogen) atoms. The highest BCUT2D eigenvalue weighted by molar-refractivity contribution is 7.99. The molecule has 0 fully saturated rings. The van der Waals surface area contributed by atoms with E-state index in [9.17, 15) is 18.0 Å². The molecule has 0 saturated heterocycles. The molecule has 0 saturated carbocycles. The van der Waals surface area contributed by atoms with Gasteiger partial charge in [0.1, 0.15) is 0 Å². The van der Waals surface area contributed by atoms with Gasteiger partial charge in [-0.05, 0) is 12.2 Å². The molecule has 0 spiro atoms. The summed E-state index contributed by atoms with van der Waals surface area (Å²) in [4.78, 5) is 10.0. The molecule has 0 radical (unpaired) electrons. The number of rotatable bonds is 6. The number of carboxylic acids is 1.